The van der Waals surface area contributed by atoms with Gasteiger partial charge in [0, 0.05) is 43.8 Å². The molecule has 10 heteroatoms. The zero-order valence-corrected chi connectivity index (χ0v) is 40.8. The molecule has 6 nitrogen and oxygen atoms in total. The van der Waals surface area contributed by atoms with Crippen molar-refractivity contribution < 1.29 is 25.8 Å². The predicted molar refractivity (Wildman–Crippen MR) is 261 cm³/mol. The van der Waals surface area contributed by atoms with Gasteiger partial charge in [-0.1, -0.05) is 179 Å². The Hall–Kier alpha value is -4.70. The second-order valence-electron chi connectivity index (χ2n) is 20.0. The van der Waals surface area contributed by atoms with Crippen molar-refractivity contribution in [2.75, 3.05) is 0 Å². The Labute approximate surface area is 376 Å². The monoisotopic (exact) mass is 906 g/mol. The number of para-hydroxylation sites is 4. The number of benzene rings is 6. The van der Waals surface area contributed by atoms with Gasteiger partial charge in [0.05, 0.1) is 10.0 Å². The third-order valence-corrected chi connectivity index (χ3v) is 13.9. The first-order valence-corrected chi connectivity index (χ1v) is 23.9. The van der Waals surface area contributed by atoms with Gasteiger partial charge in [0.1, 0.15) is 22.3 Å². The van der Waals surface area contributed by atoms with Crippen LogP contribution in [0.5, 0.6) is 11.5 Å². The molecular formula is C52H54Cl2O6P2. The van der Waals surface area contributed by atoms with Gasteiger partial charge in [-0.25, -0.2) is 0 Å². The highest BCUT2D eigenvalue weighted by molar-refractivity contribution is 7.32. The average Bonchev–Trinajstić information content (AvgIpc) is 3.44. The van der Waals surface area contributed by atoms with Crippen molar-refractivity contribution in [3.63, 3.8) is 0 Å². The summed E-state index contributed by atoms with van der Waals surface area (Å²) >= 11 is 15.8. The molecule has 0 atom stereocenters. The molecule has 0 N–H and O–H groups in total. The van der Waals surface area contributed by atoms with Gasteiger partial charge in [-0.05, 0) is 69.2 Å². The first kappa shape index (κ1) is 43.9. The molecular weight excluding hydrogens is 853 g/mol. The number of rotatable bonds is 5. The summed E-state index contributed by atoms with van der Waals surface area (Å²) in [4.78, 5) is 0. The fraction of sp³-hybridized carbons (Fsp3) is 0.308. The van der Waals surface area contributed by atoms with E-state index in [1.807, 2.05) is 97.1 Å². The Morgan fingerprint density at radius 2 is 0.613 bits per heavy atom. The van der Waals surface area contributed by atoms with Crippen molar-refractivity contribution in [2.45, 2.75) is 105 Å². The van der Waals surface area contributed by atoms with Gasteiger partial charge in [-0.2, -0.15) is 0 Å². The number of fused-ring (bicyclic) bond motifs is 6. The van der Waals surface area contributed by atoms with Crippen molar-refractivity contribution in [2.24, 2.45) is 0 Å². The maximum absolute atomic E-state index is 7.92. The molecule has 322 valence electrons. The highest BCUT2D eigenvalue weighted by atomic mass is 35.5. The SMILES string of the molecule is CC(C)(C)c1cc(C(C)(C)C)c(Op2oc3ccccc3c3ccccc3o2)c(-c2c(Cl)c(C(C)(C)C)cc(C(C)(C)C)c2Op2oc3ccccc3c3ccccc3o2)c1Cl. The van der Waals surface area contributed by atoms with Crippen LogP contribution < -0.4 is 9.05 Å². The number of hydrogen-bond acceptors (Lipinski definition) is 6. The van der Waals surface area contributed by atoms with Crippen molar-refractivity contribution in [1.82, 2.24) is 0 Å². The lowest BCUT2D eigenvalue weighted by Crippen LogP contribution is -2.20. The summed E-state index contributed by atoms with van der Waals surface area (Å²) in [5, 5.41) is 4.61. The van der Waals surface area contributed by atoms with Crippen LogP contribution in [0.2, 0.25) is 10.0 Å². The third kappa shape index (κ3) is 8.40. The molecule has 2 heterocycles. The molecule has 0 saturated carbocycles. The Morgan fingerprint density at radius 3 is 0.855 bits per heavy atom. The van der Waals surface area contributed by atoms with Crippen molar-refractivity contribution in [3.8, 4) is 22.6 Å². The summed E-state index contributed by atoms with van der Waals surface area (Å²) in [6.07, 6.45) is 0. The second-order valence-corrected chi connectivity index (χ2v) is 22.7. The van der Waals surface area contributed by atoms with E-state index in [0.29, 0.717) is 55.0 Å². The molecule has 0 unspecified atom stereocenters. The van der Waals surface area contributed by atoms with Gasteiger partial charge < -0.3 is 25.8 Å². The molecule has 6 aromatic carbocycles. The second kappa shape index (κ2) is 16.1. The standard InChI is InChI=1S/C52H54Cl2O6P2/c1-49(2,3)35-29-37(51(7,8)9)47(59-61-55-39-25-17-13-21-31(39)32-22-14-18-26-40(32)56-61)43(45(35)53)44-46(54)36(50(4,5)6)30-38(52(10,11)12)48(44)60-62-57-41-27-19-15-23-33(41)34-24-16-20-28-42(34)58-62/h13-30H,1-12H3. The molecule has 0 aliphatic rings. The zero-order valence-electron chi connectivity index (χ0n) is 37.5. The minimum absolute atomic E-state index is 0.393. The van der Waals surface area contributed by atoms with Gasteiger partial charge in [-0.15, -0.1) is 0 Å². The van der Waals surface area contributed by atoms with Crippen LogP contribution in [0.1, 0.15) is 105 Å². The minimum Gasteiger partial charge on any atom is -0.390 e. The van der Waals surface area contributed by atoms with Gasteiger partial charge in [0.15, 0.2) is 11.5 Å². The van der Waals surface area contributed by atoms with E-state index in [0.717, 1.165) is 43.8 Å². The summed E-state index contributed by atoms with van der Waals surface area (Å²) in [5.74, 6) is 0.977. The fourth-order valence-electron chi connectivity index (χ4n) is 7.78. The fourth-order valence-corrected chi connectivity index (χ4v) is 11.0. The molecule has 0 bridgehead atoms. The Kier molecular flexibility index (Phi) is 11.4. The predicted octanol–water partition coefficient (Wildman–Crippen LogP) is 18.7. The van der Waals surface area contributed by atoms with E-state index in [4.69, 9.17) is 49.0 Å². The minimum atomic E-state index is -2.11. The van der Waals surface area contributed by atoms with Crippen LogP contribution in [0, 0.1) is 0 Å². The van der Waals surface area contributed by atoms with Gasteiger partial charge in [-0.3, -0.25) is 0 Å². The van der Waals surface area contributed by atoms with E-state index in [1.165, 1.54) is 0 Å². The van der Waals surface area contributed by atoms with E-state index in [1.54, 1.807) is 0 Å². The molecule has 62 heavy (non-hydrogen) atoms. The van der Waals surface area contributed by atoms with Crippen LogP contribution >= 0.6 is 39.7 Å². The first-order chi connectivity index (χ1) is 29.1. The summed E-state index contributed by atoms with van der Waals surface area (Å²) in [7, 11) is -4.23. The van der Waals surface area contributed by atoms with Crippen molar-refractivity contribution >= 4 is 83.6 Å². The summed E-state index contributed by atoms with van der Waals surface area (Å²) < 4.78 is 41.5. The van der Waals surface area contributed by atoms with Crippen LogP contribution in [0.15, 0.2) is 126 Å². The number of halogens is 2. The normalized spacial score (nSPS) is 12.7. The topological polar surface area (TPSA) is 71.0 Å². The molecule has 0 spiro atoms. The quantitative estimate of drug-likeness (QED) is 0.171. The Morgan fingerprint density at radius 1 is 0.371 bits per heavy atom. The number of hydrogen-bond donors (Lipinski definition) is 0. The van der Waals surface area contributed by atoms with E-state index in [2.05, 4.69) is 95.2 Å². The summed E-state index contributed by atoms with van der Waals surface area (Å²) in [6, 6.07) is 36.0. The molecule has 8 aromatic rings. The van der Waals surface area contributed by atoms with Crippen LogP contribution in [-0.4, -0.2) is 0 Å². The van der Waals surface area contributed by atoms with Gasteiger partial charge in [0.25, 0.3) is 0 Å². The van der Waals surface area contributed by atoms with E-state index < -0.39 is 38.1 Å². The van der Waals surface area contributed by atoms with Crippen LogP contribution in [0.3, 0.4) is 0 Å². The van der Waals surface area contributed by atoms with Gasteiger partial charge >= 0.3 is 16.5 Å². The largest absolute Gasteiger partial charge is 0.453 e. The van der Waals surface area contributed by atoms with Crippen LogP contribution in [0.25, 0.3) is 55.0 Å². The van der Waals surface area contributed by atoms with E-state index >= 15 is 0 Å². The molecule has 0 saturated heterocycles. The summed E-state index contributed by atoms with van der Waals surface area (Å²) in [6.45, 7) is 26.0. The molecule has 0 radical (unpaired) electrons. The average molecular weight is 908 g/mol. The third-order valence-electron chi connectivity index (χ3n) is 11.1. The lowest BCUT2D eigenvalue weighted by molar-refractivity contribution is 0.471. The highest BCUT2D eigenvalue weighted by Gasteiger charge is 2.38. The van der Waals surface area contributed by atoms with E-state index in [-0.39, 0.29) is 0 Å². The van der Waals surface area contributed by atoms with E-state index in [9.17, 15) is 0 Å². The summed E-state index contributed by atoms with van der Waals surface area (Å²) in [5.41, 5.74) is 5.70. The maximum Gasteiger partial charge on any atom is 0.453 e. The van der Waals surface area contributed by atoms with Crippen LogP contribution in [0.4, 0.5) is 0 Å². The molecule has 0 amide bonds. The lowest BCUT2D eigenvalue weighted by Gasteiger charge is -2.33. The van der Waals surface area contributed by atoms with Crippen LogP contribution in [-0.2, 0) is 21.7 Å². The molecule has 2 aromatic heterocycles. The highest BCUT2D eigenvalue weighted by Crippen LogP contribution is 2.58. The molecule has 0 fully saturated rings. The maximum atomic E-state index is 7.92. The lowest BCUT2D eigenvalue weighted by atomic mass is 9.75. The molecule has 0 aliphatic carbocycles. The van der Waals surface area contributed by atoms with Crippen molar-refractivity contribution in [3.05, 3.63) is 141 Å². The molecule has 0 aliphatic heterocycles. The zero-order chi connectivity index (χ0) is 44.5. The van der Waals surface area contributed by atoms with Crippen molar-refractivity contribution in [1.29, 1.82) is 0 Å². The Bertz CT molecular complexity index is 2770. The van der Waals surface area contributed by atoms with Gasteiger partial charge in [0.2, 0.25) is 0 Å². The smallest absolute Gasteiger partial charge is 0.390 e. The Balaban J connectivity index is 1.55. The first-order valence-electron chi connectivity index (χ1n) is 20.9. The molecule has 8 rings (SSSR count).